The second-order valence-corrected chi connectivity index (χ2v) is 3.67. The second-order valence-electron chi connectivity index (χ2n) is 3.67. The molecule has 0 saturated heterocycles. The maximum Gasteiger partial charge on any atom is 0.336 e. The van der Waals surface area contributed by atoms with E-state index in [4.69, 9.17) is 20.1 Å². The molecule has 1 rings (SSSR count). The van der Waals surface area contributed by atoms with Crippen molar-refractivity contribution in [2.45, 2.75) is 6.42 Å². The molecule has 20 heavy (non-hydrogen) atoms. The van der Waals surface area contributed by atoms with Gasteiger partial charge in [0.25, 0.3) is 0 Å². The molecule has 106 valence electrons. The van der Waals surface area contributed by atoms with Crippen LogP contribution >= 0.6 is 0 Å². The van der Waals surface area contributed by atoms with Gasteiger partial charge in [-0.1, -0.05) is 6.58 Å². The van der Waals surface area contributed by atoms with Crippen molar-refractivity contribution in [3.63, 3.8) is 0 Å². The Balaban J connectivity index is 3.50. The van der Waals surface area contributed by atoms with Gasteiger partial charge in [0.15, 0.2) is 0 Å². The lowest BCUT2D eigenvalue weighted by atomic mass is 9.97. The van der Waals surface area contributed by atoms with Gasteiger partial charge in [0.1, 0.15) is 5.75 Å². The smallest absolute Gasteiger partial charge is 0.336 e. The first-order chi connectivity index (χ1) is 9.42. The molecule has 0 radical (unpaired) electrons. The molecule has 0 bridgehead atoms. The molecule has 0 amide bonds. The summed E-state index contributed by atoms with van der Waals surface area (Å²) < 4.78 is 4.85. The van der Waals surface area contributed by atoms with Crippen LogP contribution in [0.25, 0.3) is 0 Å². The Morgan fingerprint density at radius 2 is 1.85 bits per heavy atom. The largest absolute Gasteiger partial charge is 0.478 e. The molecule has 0 aliphatic carbocycles. The summed E-state index contributed by atoms with van der Waals surface area (Å²) in [7, 11) is 0. The first-order valence-electron chi connectivity index (χ1n) is 5.50. The molecule has 7 heteroatoms. The van der Waals surface area contributed by atoms with Gasteiger partial charge in [-0.25, -0.2) is 14.4 Å². The van der Waals surface area contributed by atoms with Crippen LogP contribution in [0.1, 0.15) is 26.3 Å². The number of carbonyl (C=O) groups is 3. The minimum absolute atomic E-state index is 0.0601. The zero-order valence-corrected chi connectivity index (χ0v) is 10.3. The van der Waals surface area contributed by atoms with E-state index in [2.05, 4.69) is 6.58 Å². The molecule has 0 aliphatic heterocycles. The highest BCUT2D eigenvalue weighted by Crippen LogP contribution is 2.27. The average Bonchev–Trinajstić information content (AvgIpc) is 2.39. The lowest BCUT2D eigenvalue weighted by Crippen LogP contribution is -2.15. The summed E-state index contributed by atoms with van der Waals surface area (Å²) in [6, 6.07) is 2.20. The Bertz CT molecular complexity index is 574. The van der Waals surface area contributed by atoms with Gasteiger partial charge in [-0.2, -0.15) is 0 Å². The SMILES string of the molecule is C=CC(=O)Oc1ccc(C(=O)O)c(C(=O)O)c1CCO. The molecule has 0 aromatic heterocycles. The number of benzene rings is 1. The standard InChI is InChI=1S/C13H12O7/c1-2-10(15)20-9-4-3-8(12(16)17)11(13(18)19)7(9)5-6-14/h2-4,14H,1,5-6H2,(H,16,17)(H,18,19). The summed E-state index contributed by atoms with van der Waals surface area (Å²) in [6.07, 6.45) is 0.719. The first kappa shape index (κ1) is 15.4. The molecule has 0 fully saturated rings. The molecule has 0 spiro atoms. The van der Waals surface area contributed by atoms with Gasteiger partial charge in [0.05, 0.1) is 11.1 Å². The van der Waals surface area contributed by atoms with Crippen molar-refractivity contribution in [2.75, 3.05) is 6.61 Å². The number of hydrogen-bond acceptors (Lipinski definition) is 5. The number of esters is 1. The van der Waals surface area contributed by atoms with Crippen LogP contribution in [0.5, 0.6) is 5.75 Å². The second kappa shape index (κ2) is 6.48. The van der Waals surface area contributed by atoms with E-state index in [9.17, 15) is 14.4 Å². The van der Waals surface area contributed by atoms with E-state index < -0.39 is 35.6 Å². The Morgan fingerprint density at radius 3 is 2.30 bits per heavy atom. The summed E-state index contributed by atoms with van der Waals surface area (Å²) >= 11 is 0. The van der Waals surface area contributed by atoms with Crippen molar-refractivity contribution in [1.29, 1.82) is 0 Å². The minimum Gasteiger partial charge on any atom is -0.478 e. The topological polar surface area (TPSA) is 121 Å². The van der Waals surface area contributed by atoms with Crippen molar-refractivity contribution < 1.29 is 34.4 Å². The highest BCUT2D eigenvalue weighted by Gasteiger charge is 2.24. The summed E-state index contributed by atoms with van der Waals surface area (Å²) in [5.74, 6) is -3.85. The maximum absolute atomic E-state index is 11.2. The van der Waals surface area contributed by atoms with Crippen molar-refractivity contribution in [3.8, 4) is 5.75 Å². The van der Waals surface area contributed by atoms with E-state index in [1.54, 1.807) is 0 Å². The van der Waals surface area contributed by atoms with Crippen LogP contribution in [0.2, 0.25) is 0 Å². The first-order valence-corrected chi connectivity index (χ1v) is 5.50. The molecule has 1 aromatic carbocycles. The number of aromatic carboxylic acids is 2. The van der Waals surface area contributed by atoms with Crippen LogP contribution in [0.3, 0.4) is 0 Å². The van der Waals surface area contributed by atoms with Crippen molar-refractivity contribution in [2.24, 2.45) is 0 Å². The van der Waals surface area contributed by atoms with E-state index in [0.717, 1.165) is 12.1 Å². The molecular formula is C13H12O7. The molecule has 3 N–H and O–H groups in total. The normalized spacial score (nSPS) is 9.85. The average molecular weight is 280 g/mol. The molecule has 1 aromatic rings. The fourth-order valence-corrected chi connectivity index (χ4v) is 1.66. The minimum atomic E-state index is -1.48. The molecular weight excluding hydrogens is 268 g/mol. The number of rotatable bonds is 6. The zero-order valence-electron chi connectivity index (χ0n) is 10.3. The Labute approximate surface area is 113 Å². The maximum atomic E-state index is 11.2. The highest BCUT2D eigenvalue weighted by molar-refractivity contribution is 6.03. The quantitative estimate of drug-likeness (QED) is 0.398. The summed E-state index contributed by atoms with van der Waals surface area (Å²) in [5, 5.41) is 27.1. The summed E-state index contributed by atoms with van der Waals surface area (Å²) in [4.78, 5) is 33.4. The van der Waals surface area contributed by atoms with Crippen molar-refractivity contribution >= 4 is 17.9 Å². The number of ether oxygens (including phenoxy) is 1. The van der Waals surface area contributed by atoms with Gasteiger partial charge in [0.2, 0.25) is 0 Å². The molecule has 0 atom stereocenters. The zero-order chi connectivity index (χ0) is 15.3. The summed E-state index contributed by atoms with van der Waals surface area (Å²) in [6.45, 7) is 2.77. The van der Waals surface area contributed by atoms with E-state index in [-0.39, 0.29) is 17.7 Å². The molecule has 0 unspecified atom stereocenters. The van der Waals surface area contributed by atoms with Gasteiger partial charge >= 0.3 is 17.9 Å². The monoisotopic (exact) mass is 280 g/mol. The van der Waals surface area contributed by atoms with Crippen LogP contribution in [-0.2, 0) is 11.2 Å². The number of aliphatic hydroxyl groups is 1. The van der Waals surface area contributed by atoms with Gasteiger partial charge in [0, 0.05) is 24.7 Å². The fourth-order valence-electron chi connectivity index (χ4n) is 1.66. The van der Waals surface area contributed by atoms with Crippen molar-refractivity contribution in [3.05, 3.63) is 41.5 Å². The summed E-state index contributed by atoms with van der Waals surface area (Å²) in [5.41, 5.74) is -1.02. The predicted molar refractivity (Wildman–Crippen MR) is 67.0 cm³/mol. The van der Waals surface area contributed by atoms with Gasteiger partial charge in [-0.05, 0) is 12.1 Å². The molecule has 0 heterocycles. The van der Waals surface area contributed by atoms with Gasteiger partial charge in [-0.3, -0.25) is 0 Å². The third-order valence-electron chi connectivity index (χ3n) is 2.45. The number of carbonyl (C=O) groups excluding carboxylic acids is 1. The van der Waals surface area contributed by atoms with Crippen LogP contribution < -0.4 is 4.74 Å². The van der Waals surface area contributed by atoms with E-state index >= 15 is 0 Å². The van der Waals surface area contributed by atoms with Crippen molar-refractivity contribution in [1.82, 2.24) is 0 Å². The van der Waals surface area contributed by atoms with E-state index in [1.807, 2.05) is 0 Å². The Hall–Kier alpha value is -2.67. The van der Waals surface area contributed by atoms with Crippen LogP contribution in [0, 0.1) is 0 Å². The number of aliphatic hydroxyl groups excluding tert-OH is 1. The van der Waals surface area contributed by atoms with E-state index in [1.165, 1.54) is 6.07 Å². The predicted octanol–water partition coefficient (Wildman–Crippen LogP) is 0.709. The Kier molecular flexibility index (Phi) is 4.99. The highest BCUT2D eigenvalue weighted by atomic mass is 16.5. The van der Waals surface area contributed by atoms with Crippen LogP contribution in [0.15, 0.2) is 24.8 Å². The van der Waals surface area contributed by atoms with Crippen LogP contribution in [-0.4, -0.2) is 39.8 Å². The van der Waals surface area contributed by atoms with Gasteiger partial charge < -0.3 is 20.1 Å². The Morgan fingerprint density at radius 1 is 1.20 bits per heavy atom. The third kappa shape index (κ3) is 3.21. The number of hydrogen-bond donors (Lipinski definition) is 3. The molecule has 0 saturated carbocycles. The molecule has 7 nitrogen and oxygen atoms in total. The lowest BCUT2D eigenvalue weighted by molar-refractivity contribution is -0.129. The van der Waals surface area contributed by atoms with Gasteiger partial charge in [-0.15, -0.1) is 0 Å². The van der Waals surface area contributed by atoms with Crippen LogP contribution in [0.4, 0.5) is 0 Å². The third-order valence-corrected chi connectivity index (χ3v) is 2.45. The number of carboxylic acids is 2. The number of carboxylic acid groups (broad SMARTS) is 2. The van der Waals surface area contributed by atoms with E-state index in [0.29, 0.717) is 0 Å². The fraction of sp³-hybridized carbons (Fsp3) is 0.154. The molecule has 0 aliphatic rings. The lowest BCUT2D eigenvalue weighted by Gasteiger charge is -2.13.